The molecule has 4 nitrogen and oxygen atoms in total. The highest BCUT2D eigenvalue weighted by Gasteiger charge is 2.26. The summed E-state index contributed by atoms with van der Waals surface area (Å²) in [6.07, 6.45) is 0.687. The SMILES string of the molecule is CC[C@H](C)[C@H](NC(=O)c1cc(C)ccc1Br)C(=O)O. The molecule has 0 spiro atoms. The van der Waals surface area contributed by atoms with Crippen LogP contribution in [0.4, 0.5) is 0 Å². The Morgan fingerprint density at radius 3 is 2.58 bits per heavy atom. The van der Waals surface area contributed by atoms with Crippen molar-refractivity contribution >= 4 is 27.8 Å². The van der Waals surface area contributed by atoms with E-state index in [-0.39, 0.29) is 11.8 Å². The molecular weight excluding hydrogens is 310 g/mol. The van der Waals surface area contributed by atoms with Gasteiger partial charge in [0.2, 0.25) is 0 Å². The molecule has 0 radical (unpaired) electrons. The largest absolute Gasteiger partial charge is 0.480 e. The van der Waals surface area contributed by atoms with Crippen molar-refractivity contribution in [2.24, 2.45) is 5.92 Å². The topological polar surface area (TPSA) is 66.4 Å². The summed E-state index contributed by atoms with van der Waals surface area (Å²) in [4.78, 5) is 23.3. The van der Waals surface area contributed by atoms with Gasteiger partial charge in [0.1, 0.15) is 6.04 Å². The Morgan fingerprint density at radius 2 is 2.05 bits per heavy atom. The number of hydrogen-bond acceptors (Lipinski definition) is 2. The summed E-state index contributed by atoms with van der Waals surface area (Å²) in [5.74, 6) is -1.50. The Bertz CT molecular complexity index is 488. The van der Waals surface area contributed by atoms with Gasteiger partial charge in [-0.3, -0.25) is 4.79 Å². The summed E-state index contributed by atoms with van der Waals surface area (Å²) in [5, 5.41) is 11.8. The van der Waals surface area contributed by atoms with Crippen LogP contribution in [-0.4, -0.2) is 23.0 Å². The molecule has 0 aromatic heterocycles. The van der Waals surface area contributed by atoms with E-state index in [0.29, 0.717) is 16.5 Å². The van der Waals surface area contributed by atoms with Crippen molar-refractivity contribution in [1.29, 1.82) is 0 Å². The number of halogens is 1. The monoisotopic (exact) mass is 327 g/mol. The van der Waals surface area contributed by atoms with Crippen LogP contribution in [0.25, 0.3) is 0 Å². The molecule has 0 unspecified atom stereocenters. The second-order valence-corrected chi connectivity index (χ2v) is 5.51. The molecule has 19 heavy (non-hydrogen) atoms. The van der Waals surface area contributed by atoms with Crippen LogP contribution in [-0.2, 0) is 4.79 Å². The first-order valence-corrected chi connectivity index (χ1v) is 6.96. The first-order chi connectivity index (χ1) is 8.86. The summed E-state index contributed by atoms with van der Waals surface area (Å²) in [7, 11) is 0. The first-order valence-electron chi connectivity index (χ1n) is 6.16. The lowest BCUT2D eigenvalue weighted by molar-refractivity contribution is -0.140. The second kappa shape index (κ2) is 6.70. The van der Waals surface area contributed by atoms with Crippen LogP contribution >= 0.6 is 15.9 Å². The molecule has 5 heteroatoms. The lowest BCUT2D eigenvalue weighted by Gasteiger charge is -2.20. The molecule has 0 fully saturated rings. The number of aryl methyl sites for hydroxylation is 1. The number of carbonyl (C=O) groups excluding carboxylic acids is 1. The molecule has 1 amide bonds. The van der Waals surface area contributed by atoms with E-state index < -0.39 is 12.0 Å². The van der Waals surface area contributed by atoms with Crippen LogP contribution in [0, 0.1) is 12.8 Å². The Morgan fingerprint density at radius 1 is 1.42 bits per heavy atom. The van der Waals surface area contributed by atoms with Gasteiger partial charge in [-0.25, -0.2) is 4.79 Å². The van der Waals surface area contributed by atoms with Gasteiger partial charge in [0, 0.05) is 4.47 Å². The fourth-order valence-corrected chi connectivity index (χ4v) is 2.14. The molecule has 2 N–H and O–H groups in total. The van der Waals surface area contributed by atoms with E-state index in [2.05, 4.69) is 21.2 Å². The smallest absolute Gasteiger partial charge is 0.326 e. The maximum atomic E-state index is 12.1. The minimum atomic E-state index is -1.01. The van der Waals surface area contributed by atoms with Crippen molar-refractivity contribution in [3.05, 3.63) is 33.8 Å². The molecule has 1 aromatic rings. The van der Waals surface area contributed by atoms with E-state index >= 15 is 0 Å². The normalized spacial score (nSPS) is 13.7. The summed E-state index contributed by atoms with van der Waals surface area (Å²) in [6.45, 7) is 5.59. The highest BCUT2D eigenvalue weighted by atomic mass is 79.9. The summed E-state index contributed by atoms with van der Waals surface area (Å²) in [5.41, 5.74) is 1.40. The molecule has 0 heterocycles. The molecular formula is C14H18BrNO3. The minimum absolute atomic E-state index is 0.120. The molecule has 0 aliphatic heterocycles. The van der Waals surface area contributed by atoms with E-state index in [0.717, 1.165) is 5.56 Å². The minimum Gasteiger partial charge on any atom is -0.480 e. The van der Waals surface area contributed by atoms with Gasteiger partial charge in [-0.2, -0.15) is 0 Å². The molecule has 1 aromatic carbocycles. The van der Waals surface area contributed by atoms with E-state index in [1.54, 1.807) is 12.1 Å². The van der Waals surface area contributed by atoms with Crippen LogP contribution in [0.5, 0.6) is 0 Å². The molecule has 0 aliphatic rings. The second-order valence-electron chi connectivity index (χ2n) is 4.66. The number of carboxylic acid groups (broad SMARTS) is 1. The Balaban J connectivity index is 2.94. The molecule has 0 saturated carbocycles. The van der Waals surface area contributed by atoms with Gasteiger partial charge in [-0.15, -0.1) is 0 Å². The molecule has 1 rings (SSSR count). The van der Waals surface area contributed by atoms with Crippen molar-refractivity contribution in [1.82, 2.24) is 5.32 Å². The zero-order valence-electron chi connectivity index (χ0n) is 11.2. The number of carboxylic acids is 1. The van der Waals surface area contributed by atoms with Crippen molar-refractivity contribution < 1.29 is 14.7 Å². The third-order valence-corrected chi connectivity index (χ3v) is 3.82. The third-order valence-electron chi connectivity index (χ3n) is 3.13. The zero-order valence-corrected chi connectivity index (χ0v) is 12.8. The van der Waals surface area contributed by atoms with Crippen LogP contribution in [0.3, 0.4) is 0 Å². The number of nitrogens with one attached hydrogen (secondary N) is 1. The van der Waals surface area contributed by atoms with E-state index in [9.17, 15) is 9.59 Å². The fraction of sp³-hybridized carbons (Fsp3) is 0.429. The third kappa shape index (κ3) is 4.06. The van der Waals surface area contributed by atoms with Crippen molar-refractivity contribution in [3.63, 3.8) is 0 Å². The number of carbonyl (C=O) groups is 2. The van der Waals surface area contributed by atoms with Crippen LogP contribution < -0.4 is 5.32 Å². The van der Waals surface area contributed by atoms with E-state index in [1.165, 1.54) is 0 Å². The van der Waals surface area contributed by atoms with Crippen molar-refractivity contribution in [3.8, 4) is 0 Å². The molecule has 104 valence electrons. The van der Waals surface area contributed by atoms with Gasteiger partial charge < -0.3 is 10.4 Å². The van der Waals surface area contributed by atoms with Crippen molar-refractivity contribution in [2.45, 2.75) is 33.2 Å². The molecule has 0 saturated heterocycles. The number of aliphatic carboxylic acids is 1. The molecule has 2 atom stereocenters. The lowest BCUT2D eigenvalue weighted by Crippen LogP contribution is -2.45. The maximum Gasteiger partial charge on any atom is 0.326 e. The van der Waals surface area contributed by atoms with Gasteiger partial charge in [-0.05, 0) is 40.9 Å². The zero-order chi connectivity index (χ0) is 14.6. The van der Waals surface area contributed by atoms with E-state index in [4.69, 9.17) is 5.11 Å². The predicted molar refractivity (Wildman–Crippen MR) is 77.2 cm³/mol. The van der Waals surface area contributed by atoms with Gasteiger partial charge >= 0.3 is 5.97 Å². The van der Waals surface area contributed by atoms with Crippen LogP contribution in [0.2, 0.25) is 0 Å². The van der Waals surface area contributed by atoms with Crippen LogP contribution in [0.15, 0.2) is 22.7 Å². The number of amides is 1. The summed E-state index contributed by atoms with van der Waals surface area (Å²) in [6, 6.07) is 4.52. The number of rotatable bonds is 5. The number of hydrogen-bond donors (Lipinski definition) is 2. The Labute approximate surface area is 121 Å². The Hall–Kier alpha value is -1.36. The number of benzene rings is 1. The molecule has 0 aliphatic carbocycles. The summed E-state index contributed by atoms with van der Waals surface area (Å²) < 4.78 is 0.656. The summed E-state index contributed by atoms with van der Waals surface area (Å²) >= 11 is 3.30. The average Bonchev–Trinajstić information content (AvgIpc) is 2.37. The molecule has 0 bridgehead atoms. The standard InChI is InChI=1S/C14H18BrNO3/c1-4-9(3)12(14(18)19)16-13(17)10-7-8(2)5-6-11(10)15/h5-7,9,12H,4H2,1-3H3,(H,16,17)(H,18,19)/t9-,12-/m0/s1. The van der Waals surface area contributed by atoms with E-state index in [1.807, 2.05) is 26.8 Å². The average molecular weight is 328 g/mol. The van der Waals surface area contributed by atoms with Crippen LogP contribution in [0.1, 0.15) is 36.2 Å². The van der Waals surface area contributed by atoms with Gasteiger partial charge in [0.25, 0.3) is 5.91 Å². The van der Waals surface area contributed by atoms with Gasteiger partial charge in [0.05, 0.1) is 5.56 Å². The fourth-order valence-electron chi connectivity index (χ4n) is 1.72. The first kappa shape index (κ1) is 15.7. The van der Waals surface area contributed by atoms with Crippen molar-refractivity contribution in [2.75, 3.05) is 0 Å². The predicted octanol–water partition coefficient (Wildman–Crippen LogP) is 2.99. The highest BCUT2D eigenvalue weighted by Crippen LogP contribution is 2.19. The highest BCUT2D eigenvalue weighted by molar-refractivity contribution is 9.10. The van der Waals surface area contributed by atoms with Gasteiger partial charge in [0.15, 0.2) is 0 Å². The van der Waals surface area contributed by atoms with Gasteiger partial charge in [-0.1, -0.05) is 31.9 Å². The Kier molecular flexibility index (Phi) is 5.54. The maximum absolute atomic E-state index is 12.1. The lowest BCUT2D eigenvalue weighted by atomic mass is 9.99. The quantitative estimate of drug-likeness (QED) is 0.873.